The molecule has 0 aromatic carbocycles. The molecule has 7 heteroatoms. The van der Waals surface area contributed by atoms with Gasteiger partial charge in [-0.3, -0.25) is 4.98 Å². The van der Waals surface area contributed by atoms with Crippen LogP contribution in [0.25, 0.3) is 5.82 Å². The van der Waals surface area contributed by atoms with Crippen LogP contribution < -0.4 is 4.74 Å². The van der Waals surface area contributed by atoms with Crippen LogP contribution in [0.4, 0.5) is 0 Å². The SMILES string of the molecule is CC.CCOC(=O)c1cnn(-c2cncc(OCC)n2)c1. The molecule has 0 bridgehead atoms. The molecule has 0 saturated carbocycles. The largest absolute Gasteiger partial charge is 0.477 e. The third-order valence-corrected chi connectivity index (χ3v) is 2.22. The maximum Gasteiger partial charge on any atom is 0.341 e. The summed E-state index contributed by atoms with van der Waals surface area (Å²) in [5.74, 6) is 0.470. The quantitative estimate of drug-likeness (QED) is 0.786. The Hall–Kier alpha value is -2.44. The van der Waals surface area contributed by atoms with Crippen molar-refractivity contribution >= 4 is 5.97 Å². The summed E-state index contributed by atoms with van der Waals surface area (Å²) in [4.78, 5) is 19.7. The molecule has 7 nitrogen and oxygen atoms in total. The molecular formula is C14H20N4O3. The van der Waals surface area contributed by atoms with Crippen LogP contribution >= 0.6 is 0 Å². The second-order valence-corrected chi connectivity index (χ2v) is 3.54. The van der Waals surface area contributed by atoms with Crippen molar-refractivity contribution in [1.82, 2.24) is 19.7 Å². The van der Waals surface area contributed by atoms with Crippen molar-refractivity contribution in [3.63, 3.8) is 0 Å². The smallest absolute Gasteiger partial charge is 0.341 e. The fourth-order valence-corrected chi connectivity index (χ4v) is 1.43. The van der Waals surface area contributed by atoms with Gasteiger partial charge >= 0.3 is 5.97 Å². The van der Waals surface area contributed by atoms with E-state index in [1.165, 1.54) is 29.5 Å². The maximum atomic E-state index is 11.5. The van der Waals surface area contributed by atoms with Gasteiger partial charge in [0.25, 0.3) is 0 Å². The average Bonchev–Trinajstić information content (AvgIpc) is 3.00. The van der Waals surface area contributed by atoms with E-state index in [1.54, 1.807) is 6.92 Å². The van der Waals surface area contributed by atoms with Gasteiger partial charge in [-0.1, -0.05) is 13.8 Å². The molecule has 0 aliphatic heterocycles. The molecule has 2 aromatic rings. The van der Waals surface area contributed by atoms with Gasteiger partial charge < -0.3 is 9.47 Å². The van der Waals surface area contributed by atoms with Crippen LogP contribution in [-0.4, -0.2) is 38.9 Å². The molecule has 114 valence electrons. The van der Waals surface area contributed by atoms with E-state index < -0.39 is 5.97 Å². The molecule has 0 aliphatic carbocycles. The number of carbonyl (C=O) groups is 1. The van der Waals surface area contributed by atoms with Gasteiger partial charge in [0.1, 0.15) is 0 Å². The summed E-state index contributed by atoms with van der Waals surface area (Å²) in [6, 6.07) is 0. The number of carbonyl (C=O) groups excluding carboxylic acids is 1. The summed E-state index contributed by atoms with van der Waals surface area (Å²) in [6.07, 6.45) is 6.01. The first kappa shape index (κ1) is 16.6. The third kappa shape index (κ3) is 4.55. The standard InChI is InChI=1S/C12H14N4O3.C2H6/c1-3-18-11-7-13-6-10(15-11)16-8-9(5-14-16)12(17)19-4-2;1-2/h5-8H,3-4H2,1-2H3;1-2H3. The third-order valence-electron chi connectivity index (χ3n) is 2.22. The zero-order valence-electron chi connectivity index (χ0n) is 12.7. The zero-order valence-corrected chi connectivity index (χ0v) is 12.7. The number of nitrogens with zero attached hydrogens (tertiary/aromatic N) is 4. The molecule has 21 heavy (non-hydrogen) atoms. The van der Waals surface area contributed by atoms with Crippen molar-refractivity contribution in [2.24, 2.45) is 0 Å². The number of aromatic nitrogens is 4. The highest BCUT2D eigenvalue weighted by atomic mass is 16.5. The van der Waals surface area contributed by atoms with Crippen molar-refractivity contribution in [3.05, 3.63) is 30.4 Å². The molecule has 0 atom stereocenters. The van der Waals surface area contributed by atoms with Crippen LogP contribution in [0.2, 0.25) is 0 Å². The summed E-state index contributed by atoms with van der Waals surface area (Å²) >= 11 is 0. The van der Waals surface area contributed by atoms with Crippen molar-refractivity contribution in [2.45, 2.75) is 27.7 Å². The van der Waals surface area contributed by atoms with Gasteiger partial charge in [0.15, 0.2) is 5.82 Å². The Morgan fingerprint density at radius 2 is 1.95 bits per heavy atom. The number of hydrogen-bond acceptors (Lipinski definition) is 6. The van der Waals surface area contributed by atoms with E-state index in [0.717, 1.165) is 0 Å². The van der Waals surface area contributed by atoms with Gasteiger partial charge in [-0.2, -0.15) is 10.1 Å². The van der Waals surface area contributed by atoms with Gasteiger partial charge in [-0.25, -0.2) is 9.48 Å². The molecule has 0 saturated heterocycles. The van der Waals surface area contributed by atoms with Gasteiger partial charge in [-0.15, -0.1) is 0 Å². The molecule has 2 heterocycles. The Kier molecular flexibility index (Phi) is 6.86. The predicted octanol–water partition coefficient (Wildman–Crippen LogP) is 2.26. The number of hydrogen-bond donors (Lipinski definition) is 0. The zero-order chi connectivity index (χ0) is 15.7. The minimum Gasteiger partial charge on any atom is -0.477 e. The highest BCUT2D eigenvalue weighted by Crippen LogP contribution is 2.10. The molecule has 0 N–H and O–H groups in total. The van der Waals surface area contributed by atoms with Gasteiger partial charge in [0, 0.05) is 6.20 Å². The van der Waals surface area contributed by atoms with Crippen LogP contribution in [-0.2, 0) is 4.74 Å². The number of ether oxygens (including phenoxy) is 2. The Morgan fingerprint density at radius 3 is 2.62 bits per heavy atom. The lowest BCUT2D eigenvalue weighted by Gasteiger charge is -2.03. The van der Waals surface area contributed by atoms with E-state index in [4.69, 9.17) is 9.47 Å². The predicted molar refractivity (Wildman–Crippen MR) is 77.6 cm³/mol. The maximum absolute atomic E-state index is 11.5. The molecule has 2 rings (SSSR count). The summed E-state index contributed by atoms with van der Waals surface area (Å²) in [7, 11) is 0. The molecule has 0 unspecified atom stereocenters. The normalized spacial score (nSPS) is 9.52. The topological polar surface area (TPSA) is 79.1 Å². The first-order valence-electron chi connectivity index (χ1n) is 6.91. The molecule has 0 radical (unpaired) electrons. The lowest BCUT2D eigenvalue weighted by Crippen LogP contribution is -2.04. The molecule has 2 aromatic heterocycles. The van der Waals surface area contributed by atoms with Crippen LogP contribution in [0, 0.1) is 0 Å². The highest BCUT2D eigenvalue weighted by molar-refractivity contribution is 5.88. The highest BCUT2D eigenvalue weighted by Gasteiger charge is 2.11. The fourth-order valence-electron chi connectivity index (χ4n) is 1.43. The van der Waals surface area contributed by atoms with E-state index in [2.05, 4.69) is 15.1 Å². The Morgan fingerprint density at radius 1 is 1.19 bits per heavy atom. The lowest BCUT2D eigenvalue weighted by atomic mass is 10.4. The van der Waals surface area contributed by atoms with E-state index in [0.29, 0.717) is 30.5 Å². The molecular weight excluding hydrogens is 272 g/mol. The van der Waals surface area contributed by atoms with Gasteiger partial charge in [0.2, 0.25) is 5.88 Å². The summed E-state index contributed by atoms with van der Waals surface area (Å²) in [5, 5.41) is 4.05. The van der Waals surface area contributed by atoms with Crippen LogP contribution in [0.5, 0.6) is 5.88 Å². The summed E-state index contributed by atoms with van der Waals surface area (Å²) < 4.78 is 11.6. The Bertz CT molecular complexity index is 569. The van der Waals surface area contributed by atoms with Crippen LogP contribution in [0.3, 0.4) is 0 Å². The molecule has 0 fully saturated rings. The molecule has 0 aliphatic rings. The Labute approximate surface area is 123 Å². The number of esters is 1. The lowest BCUT2D eigenvalue weighted by molar-refractivity contribution is 0.0526. The van der Waals surface area contributed by atoms with Gasteiger partial charge in [-0.05, 0) is 13.8 Å². The van der Waals surface area contributed by atoms with Crippen LogP contribution in [0.15, 0.2) is 24.8 Å². The monoisotopic (exact) mass is 292 g/mol. The summed E-state index contributed by atoms with van der Waals surface area (Å²) in [5.41, 5.74) is 0.366. The molecule has 0 spiro atoms. The summed E-state index contributed by atoms with van der Waals surface area (Å²) in [6.45, 7) is 8.44. The van der Waals surface area contributed by atoms with Crippen molar-refractivity contribution in [3.8, 4) is 11.7 Å². The van der Waals surface area contributed by atoms with Gasteiger partial charge in [0.05, 0.1) is 37.4 Å². The van der Waals surface area contributed by atoms with Crippen molar-refractivity contribution < 1.29 is 14.3 Å². The first-order chi connectivity index (χ1) is 10.2. The second-order valence-electron chi connectivity index (χ2n) is 3.54. The van der Waals surface area contributed by atoms with E-state index >= 15 is 0 Å². The first-order valence-corrected chi connectivity index (χ1v) is 6.91. The minimum atomic E-state index is -0.414. The fraction of sp³-hybridized carbons (Fsp3) is 0.429. The minimum absolute atomic E-state index is 0.323. The average molecular weight is 292 g/mol. The number of rotatable bonds is 5. The Balaban J connectivity index is 0.00000106. The molecule has 0 amide bonds. The van der Waals surface area contributed by atoms with Crippen LogP contribution in [0.1, 0.15) is 38.1 Å². The van der Waals surface area contributed by atoms with E-state index in [-0.39, 0.29) is 0 Å². The van der Waals surface area contributed by atoms with Crippen molar-refractivity contribution in [1.29, 1.82) is 0 Å². The second kappa shape index (κ2) is 8.68. The van der Waals surface area contributed by atoms with E-state index in [1.807, 2.05) is 20.8 Å². The van der Waals surface area contributed by atoms with E-state index in [9.17, 15) is 4.79 Å². The van der Waals surface area contributed by atoms with Crippen molar-refractivity contribution in [2.75, 3.05) is 13.2 Å².